The summed E-state index contributed by atoms with van der Waals surface area (Å²) in [5.41, 5.74) is 1.09. The number of amides is 1. The van der Waals surface area contributed by atoms with Crippen molar-refractivity contribution in [3.63, 3.8) is 0 Å². The normalized spacial score (nSPS) is 27.9. The van der Waals surface area contributed by atoms with Crippen molar-refractivity contribution < 1.29 is 14.7 Å². The van der Waals surface area contributed by atoms with Crippen molar-refractivity contribution in [2.75, 3.05) is 13.1 Å². The van der Waals surface area contributed by atoms with E-state index < -0.39 is 5.97 Å². The second-order valence-corrected chi connectivity index (χ2v) is 8.45. The first-order chi connectivity index (χ1) is 11.5. The Bertz CT molecular complexity index is 608. The van der Waals surface area contributed by atoms with Crippen molar-refractivity contribution in [1.82, 2.24) is 9.88 Å². The molecule has 132 valence electrons. The molecule has 1 aliphatic heterocycles. The third-order valence-corrected chi connectivity index (χ3v) is 6.74. The summed E-state index contributed by atoms with van der Waals surface area (Å²) in [6.45, 7) is 5.66. The first kappa shape index (κ1) is 17.4. The van der Waals surface area contributed by atoms with Gasteiger partial charge in [0, 0.05) is 29.8 Å². The average molecular weight is 350 g/mol. The van der Waals surface area contributed by atoms with E-state index in [-0.39, 0.29) is 17.7 Å². The molecule has 3 rings (SSSR count). The van der Waals surface area contributed by atoms with E-state index in [1.54, 1.807) is 11.3 Å². The average Bonchev–Trinajstić information content (AvgIpc) is 2.93. The zero-order chi connectivity index (χ0) is 17.3. The maximum Gasteiger partial charge on any atom is 0.306 e. The lowest BCUT2D eigenvalue weighted by molar-refractivity contribution is -0.145. The Morgan fingerprint density at radius 1 is 1.17 bits per heavy atom. The van der Waals surface area contributed by atoms with Gasteiger partial charge < -0.3 is 10.0 Å². The van der Waals surface area contributed by atoms with Gasteiger partial charge in [0.25, 0.3) is 0 Å². The highest BCUT2D eigenvalue weighted by molar-refractivity contribution is 7.11. The van der Waals surface area contributed by atoms with Crippen LogP contribution in [-0.2, 0) is 9.59 Å². The number of carbonyl (C=O) groups excluding carboxylic acids is 1. The lowest BCUT2D eigenvalue weighted by atomic mass is 9.80. The molecule has 1 aromatic rings. The fraction of sp³-hybridized carbons (Fsp3) is 0.722. The predicted octanol–water partition coefficient (Wildman–Crippen LogP) is 3.36. The molecule has 2 heterocycles. The molecule has 1 aliphatic carbocycles. The first-order valence-electron chi connectivity index (χ1n) is 8.91. The molecule has 0 aromatic carbocycles. The van der Waals surface area contributed by atoms with Gasteiger partial charge >= 0.3 is 5.97 Å². The standard InChI is InChI=1S/C18H26N2O3S/c1-11-12(2)24-16(19-11)15-7-4-8-20(10-15)17(21)13-5-3-6-14(9-13)18(22)23/h13-15H,3-10H2,1-2H3,(H,22,23). The van der Waals surface area contributed by atoms with E-state index in [2.05, 4.69) is 11.9 Å². The minimum Gasteiger partial charge on any atom is -0.481 e. The van der Waals surface area contributed by atoms with Crippen LogP contribution >= 0.6 is 11.3 Å². The zero-order valence-electron chi connectivity index (χ0n) is 14.5. The van der Waals surface area contributed by atoms with Gasteiger partial charge in [-0.25, -0.2) is 4.98 Å². The third kappa shape index (κ3) is 3.63. The summed E-state index contributed by atoms with van der Waals surface area (Å²) < 4.78 is 0. The molecular formula is C18H26N2O3S. The molecule has 5 nitrogen and oxygen atoms in total. The Balaban J connectivity index is 1.65. The van der Waals surface area contributed by atoms with Crippen LogP contribution < -0.4 is 0 Å². The summed E-state index contributed by atoms with van der Waals surface area (Å²) in [5.74, 6) is -0.719. The van der Waals surface area contributed by atoms with Crippen LogP contribution in [0.5, 0.6) is 0 Å². The number of rotatable bonds is 3. The van der Waals surface area contributed by atoms with Gasteiger partial charge in [0.1, 0.15) is 0 Å². The minimum atomic E-state index is -0.752. The van der Waals surface area contributed by atoms with Crippen LogP contribution in [0.4, 0.5) is 0 Å². The number of likely N-dealkylation sites (tertiary alicyclic amines) is 1. The molecule has 1 aromatic heterocycles. The number of hydrogen-bond donors (Lipinski definition) is 1. The van der Waals surface area contributed by atoms with Crippen molar-refractivity contribution in [3.8, 4) is 0 Å². The fourth-order valence-corrected chi connectivity index (χ4v) is 5.00. The number of thiazole rings is 1. The van der Waals surface area contributed by atoms with Crippen LogP contribution in [0.25, 0.3) is 0 Å². The molecule has 0 spiro atoms. The maximum absolute atomic E-state index is 12.9. The van der Waals surface area contributed by atoms with Crippen molar-refractivity contribution in [2.24, 2.45) is 11.8 Å². The van der Waals surface area contributed by atoms with E-state index in [0.717, 1.165) is 49.5 Å². The van der Waals surface area contributed by atoms with E-state index in [1.165, 1.54) is 4.88 Å². The van der Waals surface area contributed by atoms with Gasteiger partial charge in [0.2, 0.25) is 5.91 Å². The zero-order valence-corrected chi connectivity index (χ0v) is 15.3. The van der Waals surface area contributed by atoms with Crippen molar-refractivity contribution >= 4 is 23.2 Å². The smallest absolute Gasteiger partial charge is 0.306 e. The van der Waals surface area contributed by atoms with E-state index in [4.69, 9.17) is 0 Å². The molecule has 2 aliphatic rings. The number of carboxylic acid groups (broad SMARTS) is 1. The molecule has 2 fully saturated rings. The molecule has 1 amide bonds. The number of aliphatic carboxylic acids is 1. The van der Waals surface area contributed by atoms with Crippen molar-refractivity contribution in [3.05, 3.63) is 15.6 Å². The molecule has 3 atom stereocenters. The van der Waals surface area contributed by atoms with Crippen LogP contribution in [0.2, 0.25) is 0 Å². The highest BCUT2D eigenvalue weighted by atomic mass is 32.1. The Morgan fingerprint density at radius 2 is 1.92 bits per heavy atom. The van der Waals surface area contributed by atoms with E-state index in [0.29, 0.717) is 18.8 Å². The first-order valence-corrected chi connectivity index (χ1v) is 9.73. The van der Waals surface area contributed by atoms with Gasteiger partial charge in [0.15, 0.2) is 0 Å². The number of aromatic nitrogens is 1. The second kappa shape index (κ2) is 7.21. The van der Waals surface area contributed by atoms with Crippen LogP contribution in [-0.4, -0.2) is 40.0 Å². The number of aryl methyl sites for hydroxylation is 2. The molecule has 1 saturated heterocycles. The van der Waals surface area contributed by atoms with Gasteiger partial charge in [-0.1, -0.05) is 6.42 Å². The van der Waals surface area contributed by atoms with Crippen molar-refractivity contribution in [2.45, 2.75) is 58.3 Å². The summed E-state index contributed by atoms with van der Waals surface area (Å²) >= 11 is 1.75. The van der Waals surface area contributed by atoms with Crippen LogP contribution in [0.1, 0.15) is 60.0 Å². The van der Waals surface area contributed by atoms with Gasteiger partial charge in [0.05, 0.1) is 16.6 Å². The van der Waals surface area contributed by atoms with Crippen LogP contribution in [0, 0.1) is 25.7 Å². The third-order valence-electron chi connectivity index (χ3n) is 5.50. The lowest BCUT2D eigenvalue weighted by Crippen LogP contribution is -2.43. The van der Waals surface area contributed by atoms with E-state index in [1.807, 2.05) is 11.8 Å². The van der Waals surface area contributed by atoms with Gasteiger partial charge in [-0.2, -0.15) is 0 Å². The number of nitrogens with zero attached hydrogens (tertiary/aromatic N) is 2. The van der Waals surface area contributed by atoms with Gasteiger partial charge in [-0.15, -0.1) is 11.3 Å². The largest absolute Gasteiger partial charge is 0.481 e. The van der Waals surface area contributed by atoms with Crippen LogP contribution in [0.15, 0.2) is 0 Å². The summed E-state index contributed by atoms with van der Waals surface area (Å²) in [6.07, 6.45) is 4.97. The Hall–Kier alpha value is -1.43. The summed E-state index contributed by atoms with van der Waals surface area (Å²) in [4.78, 5) is 32.0. The molecule has 3 unspecified atom stereocenters. The van der Waals surface area contributed by atoms with Gasteiger partial charge in [-0.3, -0.25) is 9.59 Å². The number of carboxylic acids is 1. The Morgan fingerprint density at radius 3 is 2.58 bits per heavy atom. The van der Waals surface area contributed by atoms with E-state index in [9.17, 15) is 14.7 Å². The van der Waals surface area contributed by atoms with Crippen LogP contribution in [0.3, 0.4) is 0 Å². The molecule has 1 saturated carbocycles. The summed E-state index contributed by atoms with van der Waals surface area (Å²) in [7, 11) is 0. The summed E-state index contributed by atoms with van der Waals surface area (Å²) in [6, 6.07) is 0. The molecule has 1 N–H and O–H groups in total. The highest BCUT2D eigenvalue weighted by Crippen LogP contribution is 2.34. The van der Waals surface area contributed by atoms with Crippen molar-refractivity contribution in [1.29, 1.82) is 0 Å². The molecule has 0 bridgehead atoms. The Labute approximate surface area is 147 Å². The molecule has 24 heavy (non-hydrogen) atoms. The molecule has 6 heteroatoms. The van der Waals surface area contributed by atoms with Gasteiger partial charge in [-0.05, 0) is 46.0 Å². The lowest BCUT2D eigenvalue weighted by Gasteiger charge is -2.36. The number of piperidine rings is 1. The number of hydrogen-bond acceptors (Lipinski definition) is 4. The minimum absolute atomic E-state index is 0.113. The molecule has 0 radical (unpaired) electrons. The highest BCUT2D eigenvalue weighted by Gasteiger charge is 2.35. The predicted molar refractivity (Wildman–Crippen MR) is 93.2 cm³/mol. The monoisotopic (exact) mass is 350 g/mol. The molecular weight excluding hydrogens is 324 g/mol. The maximum atomic E-state index is 12.9. The Kier molecular flexibility index (Phi) is 5.23. The quantitative estimate of drug-likeness (QED) is 0.907. The fourth-order valence-electron chi connectivity index (χ4n) is 3.95. The SMILES string of the molecule is Cc1nc(C2CCCN(C(=O)C3CCCC(C(=O)O)C3)C2)sc1C. The van der Waals surface area contributed by atoms with E-state index >= 15 is 0 Å². The second-order valence-electron chi connectivity index (χ2n) is 7.22. The summed E-state index contributed by atoms with van der Waals surface area (Å²) in [5, 5.41) is 10.4. The number of carbonyl (C=O) groups is 2. The topological polar surface area (TPSA) is 70.5 Å².